The predicted molar refractivity (Wildman–Crippen MR) is 89.4 cm³/mol. The lowest BCUT2D eigenvalue weighted by Gasteiger charge is -2.20. The highest BCUT2D eigenvalue weighted by molar-refractivity contribution is 5.82. The Kier molecular flexibility index (Phi) is 5.59. The average molecular weight is 286 g/mol. The maximum absolute atomic E-state index is 6.04. The highest BCUT2D eigenvalue weighted by atomic mass is 16.3. The molecule has 0 saturated heterocycles. The van der Waals surface area contributed by atoms with E-state index in [4.69, 9.17) is 4.42 Å². The Morgan fingerprint density at radius 2 is 2.05 bits per heavy atom. The summed E-state index contributed by atoms with van der Waals surface area (Å²) in [5, 5.41) is 4.60. The Morgan fingerprint density at radius 3 is 2.71 bits per heavy atom. The van der Waals surface area contributed by atoms with Crippen molar-refractivity contribution in [2.24, 2.45) is 0 Å². The van der Waals surface area contributed by atoms with Crippen molar-refractivity contribution < 1.29 is 4.42 Å². The van der Waals surface area contributed by atoms with E-state index in [2.05, 4.69) is 49.7 Å². The topological polar surface area (TPSA) is 28.4 Å². The number of benzene rings is 1. The van der Waals surface area contributed by atoms with Crippen LogP contribution in [0.3, 0.4) is 0 Å². The molecular formula is C18H26N2O. The molecule has 1 heterocycles. The van der Waals surface area contributed by atoms with Crippen LogP contribution in [0.15, 0.2) is 40.8 Å². The number of nitrogens with zero attached hydrogens (tertiary/aromatic N) is 1. The monoisotopic (exact) mass is 286 g/mol. The van der Waals surface area contributed by atoms with Crippen LogP contribution in [0, 0.1) is 0 Å². The zero-order valence-corrected chi connectivity index (χ0v) is 13.4. The van der Waals surface area contributed by atoms with Crippen LogP contribution in [0.1, 0.15) is 32.1 Å². The average Bonchev–Trinajstić information content (AvgIpc) is 2.82. The molecule has 114 valence electrons. The normalized spacial score (nSPS) is 11.4. The summed E-state index contributed by atoms with van der Waals surface area (Å²) in [6, 6.07) is 8.30. The molecule has 0 aliphatic carbocycles. The zero-order chi connectivity index (χ0) is 15.2. The largest absolute Gasteiger partial charge is 0.459 e. The SMILES string of the molecule is C=C(C)CN(CC)Cc1c(CNCC)oc2ccccc12. The molecule has 2 aromatic rings. The van der Waals surface area contributed by atoms with Gasteiger partial charge in [-0.2, -0.15) is 0 Å². The number of rotatable bonds is 8. The summed E-state index contributed by atoms with van der Waals surface area (Å²) in [5.74, 6) is 1.05. The van der Waals surface area contributed by atoms with Crippen molar-refractivity contribution in [3.8, 4) is 0 Å². The molecule has 0 bridgehead atoms. The Morgan fingerprint density at radius 1 is 1.29 bits per heavy atom. The number of fused-ring (bicyclic) bond motifs is 1. The summed E-state index contributed by atoms with van der Waals surface area (Å²) in [6.45, 7) is 15.0. The number of furan rings is 1. The second-order valence-electron chi connectivity index (χ2n) is 5.54. The van der Waals surface area contributed by atoms with Gasteiger partial charge in [-0.1, -0.05) is 44.2 Å². The number of hydrogen-bond acceptors (Lipinski definition) is 3. The molecule has 0 saturated carbocycles. The van der Waals surface area contributed by atoms with E-state index < -0.39 is 0 Å². The summed E-state index contributed by atoms with van der Waals surface area (Å²) >= 11 is 0. The van der Waals surface area contributed by atoms with Gasteiger partial charge < -0.3 is 9.73 Å². The Bertz CT molecular complexity index is 600. The smallest absolute Gasteiger partial charge is 0.134 e. The van der Waals surface area contributed by atoms with Crippen molar-refractivity contribution in [3.05, 3.63) is 47.7 Å². The summed E-state index contributed by atoms with van der Waals surface area (Å²) in [4.78, 5) is 2.40. The summed E-state index contributed by atoms with van der Waals surface area (Å²) in [7, 11) is 0. The maximum atomic E-state index is 6.04. The molecule has 0 radical (unpaired) electrons. The number of para-hydroxylation sites is 1. The van der Waals surface area contributed by atoms with Crippen molar-refractivity contribution in [2.75, 3.05) is 19.6 Å². The summed E-state index contributed by atoms with van der Waals surface area (Å²) in [5.41, 5.74) is 3.47. The first-order valence-corrected chi connectivity index (χ1v) is 7.72. The van der Waals surface area contributed by atoms with Gasteiger partial charge in [0.1, 0.15) is 11.3 Å². The van der Waals surface area contributed by atoms with E-state index in [9.17, 15) is 0 Å². The third-order valence-electron chi connectivity index (χ3n) is 3.64. The van der Waals surface area contributed by atoms with Crippen molar-refractivity contribution in [1.82, 2.24) is 10.2 Å². The summed E-state index contributed by atoms with van der Waals surface area (Å²) < 4.78 is 6.04. The van der Waals surface area contributed by atoms with Gasteiger partial charge in [-0.15, -0.1) is 0 Å². The van der Waals surface area contributed by atoms with Crippen LogP contribution in [0.5, 0.6) is 0 Å². The molecule has 0 aliphatic heterocycles. The second kappa shape index (κ2) is 7.43. The van der Waals surface area contributed by atoms with E-state index in [0.29, 0.717) is 0 Å². The lowest BCUT2D eigenvalue weighted by atomic mass is 10.1. The lowest BCUT2D eigenvalue weighted by Crippen LogP contribution is -2.25. The fourth-order valence-corrected chi connectivity index (χ4v) is 2.59. The Labute approximate surface area is 127 Å². The third kappa shape index (κ3) is 3.96. The fourth-order valence-electron chi connectivity index (χ4n) is 2.59. The van der Waals surface area contributed by atoms with E-state index in [-0.39, 0.29) is 0 Å². The number of nitrogens with one attached hydrogen (secondary N) is 1. The van der Waals surface area contributed by atoms with Crippen LogP contribution in [0.25, 0.3) is 11.0 Å². The molecule has 0 atom stereocenters. The highest BCUT2D eigenvalue weighted by Crippen LogP contribution is 2.27. The van der Waals surface area contributed by atoms with Crippen molar-refractivity contribution >= 4 is 11.0 Å². The van der Waals surface area contributed by atoms with E-state index in [1.807, 2.05) is 12.1 Å². The van der Waals surface area contributed by atoms with Crippen molar-refractivity contribution in [2.45, 2.75) is 33.9 Å². The van der Waals surface area contributed by atoms with Crippen molar-refractivity contribution in [1.29, 1.82) is 0 Å². The van der Waals surface area contributed by atoms with Crippen LogP contribution in [-0.2, 0) is 13.1 Å². The van der Waals surface area contributed by atoms with E-state index in [0.717, 1.165) is 44.1 Å². The molecular weight excluding hydrogens is 260 g/mol. The molecule has 1 aromatic carbocycles. The van der Waals surface area contributed by atoms with Crippen molar-refractivity contribution in [3.63, 3.8) is 0 Å². The quantitative estimate of drug-likeness (QED) is 0.745. The van der Waals surface area contributed by atoms with Crippen LogP contribution in [-0.4, -0.2) is 24.5 Å². The standard InChI is InChI=1S/C18H26N2O/c1-5-19-11-18-16(13-20(6-2)12-14(3)4)15-9-7-8-10-17(15)21-18/h7-10,19H,3,5-6,11-13H2,1-2,4H3. The third-order valence-corrected chi connectivity index (χ3v) is 3.64. The van der Waals surface area contributed by atoms with Gasteiger partial charge in [-0.25, -0.2) is 0 Å². The first-order chi connectivity index (χ1) is 10.2. The predicted octanol–water partition coefficient (Wildman–Crippen LogP) is 3.94. The maximum Gasteiger partial charge on any atom is 0.134 e. The van der Waals surface area contributed by atoms with Crippen LogP contribution in [0.2, 0.25) is 0 Å². The molecule has 0 spiro atoms. The van der Waals surface area contributed by atoms with E-state index in [1.54, 1.807) is 0 Å². The van der Waals surface area contributed by atoms with Crippen LogP contribution in [0.4, 0.5) is 0 Å². The first-order valence-electron chi connectivity index (χ1n) is 7.72. The molecule has 3 nitrogen and oxygen atoms in total. The molecule has 0 amide bonds. The van der Waals surface area contributed by atoms with Crippen LogP contribution < -0.4 is 5.32 Å². The Balaban J connectivity index is 2.32. The van der Waals surface area contributed by atoms with Gasteiger partial charge in [-0.05, 0) is 26.1 Å². The molecule has 2 rings (SSSR count). The molecule has 0 fully saturated rings. The first kappa shape index (κ1) is 15.8. The minimum Gasteiger partial charge on any atom is -0.459 e. The van der Waals surface area contributed by atoms with Crippen LogP contribution >= 0.6 is 0 Å². The molecule has 1 aromatic heterocycles. The van der Waals surface area contributed by atoms with E-state index in [1.165, 1.54) is 16.5 Å². The van der Waals surface area contributed by atoms with E-state index >= 15 is 0 Å². The fraction of sp³-hybridized carbons (Fsp3) is 0.444. The second-order valence-corrected chi connectivity index (χ2v) is 5.54. The molecule has 0 unspecified atom stereocenters. The molecule has 21 heavy (non-hydrogen) atoms. The van der Waals surface area contributed by atoms with Gasteiger partial charge >= 0.3 is 0 Å². The minimum absolute atomic E-state index is 0.783. The van der Waals surface area contributed by atoms with Gasteiger partial charge in [-0.3, -0.25) is 4.90 Å². The molecule has 3 heteroatoms. The van der Waals surface area contributed by atoms with Gasteiger partial charge in [0.2, 0.25) is 0 Å². The van der Waals surface area contributed by atoms with Gasteiger partial charge in [0.05, 0.1) is 6.54 Å². The molecule has 0 aliphatic rings. The minimum atomic E-state index is 0.783. The lowest BCUT2D eigenvalue weighted by molar-refractivity contribution is 0.302. The van der Waals surface area contributed by atoms with Gasteiger partial charge in [0.25, 0.3) is 0 Å². The molecule has 1 N–H and O–H groups in total. The van der Waals surface area contributed by atoms with Gasteiger partial charge in [0.15, 0.2) is 0 Å². The number of hydrogen-bond donors (Lipinski definition) is 1. The Hall–Kier alpha value is -1.58. The summed E-state index contributed by atoms with van der Waals surface area (Å²) in [6.07, 6.45) is 0. The number of likely N-dealkylation sites (N-methyl/N-ethyl adjacent to an activating group) is 1. The zero-order valence-electron chi connectivity index (χ0n) is 13.4. The van der Waals surface area contributed by atoms with Gasteiger partial charge in [0, 0.05) is 24.0 Å². The highest BCUT2D eigenvalue weighted by Gasteiger charge is 2.16.